The van der Waals surface area contributed by atoms with Crippen LogP contribution in [0.1, 0.15) is 13.3 Å². The van der Waals surface area contributed by atoms with Gasteiger partial charge in [-0.3, -0.25) is 14.4 Å². The average molecular weight is 461 g/mol. The molecule has 2 heterocycles. The zero-order valence-electron chi connectivity index (χ0n) is 17.4. The van der Waals surface area contributed by atoms with Crippen LogP contribution in [0, 0.1) is 5.92 Å². The van der Waals surface area contributed by atoms with E-state index < -0.39 is 23.9 Å². The Balaban J connectivity index is 1.37. The number of fused-ring (bicyclic) bond motifs is 1. The molecular weight excluding hydrogens is 440 g/mol. The summed E-state index contributed by atoms with van der Waals surface area (Å²) in [5.74, 6) is -0.530. The summed E-state index contributed by atoms with van der Waals surface area (Å²) in [6.45, 7) is 1.69. The molecule has 2 aromatic carbocycles. The molecule has 1 N–H and O–H groups in total. The average Bonchev–Trinajstić information content (AvgIpc) is 3.39. The first-order valence-electron chi connectivity index (χ1n) is 9.90. The standard InChI is InChI=1S/C22H21ClN2O7/c1-12(21(27)24-15-4-6-18-19(9-15)31-11-30-18)32-22(28)13-7-20(26)25(10-13)16-8-14(23)3-5-17(16)29-2/h3-6,8-9,12-13H,7,10-11H2,1-2H3,(H,24,27)/t12-,13-/m0/s1. The fraction of sp³-hybridized carbons (Fsp3) is 0.318. The van der Waals surface area contributed by atoms with E-state index in [4.69, 9.17) is 30.5 Å². The maximum Gasteiger partial charge on any atom is 0.312 e. The number of amides is 2. The third-order valence-electron chi connectivity index (χ3n) is 5.19. The number of carbonyl (C=O) groups is 3. The maximum absolute atomic E-state index is 12.6. The largest absolute Gasteiger partial charge is 0.495 e. The molecule has 0 bridgehead atoms. The van der Waals surface area contributed by atoms with Gasteiger partial charge < -0.3 is 29.2 Å². The first-order valence-corrected chi connectivity index (χ1v) is 10.3. The van der Waals surface area contributed by atoms with E-state index in [9.17, 15) is 14.4 Å². The molecule has 2 aliphatic rings. The Kier molecular flexibility index (Phi) is 6.09. The van der Waals surface area contributed by atoms with Gasteiger partial charge in [-0.15, -0.1) is 0 Å². The molecule has 0 aromatic heterocycles. The molecule has 2 aliphatic heterocycles. The van der Waals surface area contributed by atoms with Gasteiger partial charge in [0.1, 0.15) is 5.75 Å². The Morgan fingerprint density at radius 3 is 2.75 bits per heavy atom. The van der Waals surface area contributed by atoms with Crippen molar-refractivity contribution in [1.82, 2.24) is 0 Å². The Hall–Kier alpha value is -3.46. The monoisotopic (exact) mass is 460 g/mol. The van der Waals surface area contributed by atoms with Gasteiger partial charge in [0.15, 0.2) is 17.6 Å². The molecular formula is C22H21ClN2O7. The number of esters is 1. The molecule has 32 heavy (non-hydrogen) atoms. The minimum atomic E-state index is -1.06. The van der Waals surface area contributed by atoms with Crippen molar-refractivity contribution in [2.75, 3.05) is 30.7 Å². The molecule has 2 aromatic rings. The SMILES string of the molecule is COc1ccc(Cl)cc1N1C[C@@H](C(=O)O[C@@H](C)C(=O)Nc2ccc3c(c2)OCO3)CC1=O. The Morgan fingerprint density at radius 2 is 1.97 bits per heavy atom. The van der Waals surface area contributed by atoms with Crippen molar-refractivity contribution in [3.05, 3.63) is 41.4 Å². The molecule has 0 spiro atoms. The van der Waals surface area contributed by atoms with Crippen LogP contribution in [0.15, 0.2) is 36.4 Å². The molecule has 168 valence electrons. The summed E-state index contributed by atoms with van der Waals surface area (Å²) in [6.07, 6.45) is -1.09. The van der Waals surface area contributed by atoms with Crippen LogP contribution in [0.25, 0.3) is 0 Å². The summed E-state index contributed by atoms with van der Waals surface area (Å²) in [7, 11) is 1.49. The van der Waals surface area contributed by atoms with E-state index in [0.717, 1.165) is 0 Å². The fourth-order valence-electron chi connectivity index (χ4n) is 3.51. The van der Waals surface area contributed by atoms with Crippen molar-refractivity contribution in [2.24, 2.45) is 5.92 Å². The van der Waals surface area contributed by atoms with Gasteiger partial charge in [-0.1, -0.05) is 11.6 Å². The fourth-order valence-corrected chi connectivity index (χ4v) is 3.68. The lowest BCUT2D eigenvalue weighted by Gasteiger charge is -2.20. The lowest BCUT2D eigenvalue weighted by Crippen LogP contribution is -2.33. The molecule has 4 rings (SSSR count). The van der Waals surface area contributed by atoms with Gasteiger partial charge >= 0.3 is 5.97 Å². The van der Waals surface area contributed by atoms with Gasteiger partial charge in [0, 0.05) is 29.7 Å². The van der Waals surface area contributed by atoms with Gasteiger partial charge in [-0.2, -0.15) is 0 Å². The highest BCUT2D eigenvalue weighted by atomic mass is 35.5. The summed E-state index contributed by atoms with van der Waals surface area (Å²) >= 11 is 6.06. The molecule has 0 unspecified atom stereocenters. The summed E-state index contributed by atoms with van der Waals surface area (Å²) in [4.78, 5) is 39.1. The minimum absolute atomic E-state index is 0.0367. The van der Waals surface area contributed by atoms with Crippen molar-refractivity contribution in [3.63, 3.8) is 0 Å². The lowest BCUT2D eigenvalue weighted by molar-refractivity contribution is -0.157. The van der Waals surface area contributed by atoms with Crippen LogP contribution in [-0.4, -0.2) is 44.3 Å². The van der Waals surface area contributed by atoms with E-state index in [1.807, 2.05) is 0 Å². The number of hydrogen-bond acceptors (Lipinski definition) is 7. The second-order valence-electron chi connectivity index (χ2n) is 7.36. The highest BCUT2D eigenvalue weighted by Crippen LogP contribution is 2.36. The normalized spacial score (nSPS) is 17.8. The zero-order valence-corrected chi connectivity index (χ0v) is 18.2. The third-order valence-corrected chi connectivity index (χ3v) is 5.43. The quantitative estimate of drug-likeness (QED) is 0.661. The summed E-state index contributed by atoms with van der Waals surface area (Å²) in [6, 6.07) is 9.87. The summed E-state index contributed by atoms with van der Waals surface area (Å²) < 4.78 is 21.1. The van der Waals surface area contributed by atoms with Crippen LogP contribution in [0.2, 0.25) is 5.02 Å². The van der Waals surface area contributed by atoms with Crippen LogP contribution in [-0.2, 0) is 19.1 Å². The van der Waals surface area contributed by atoms with Gasteiger partial charge in [0.2, 0.25) is 12.7 Å². The van der Waals surface area contributed by atoms with Crippen molar-refractivity contribution >= 4 is 40.8 Å². The Morgan fingerprint density at radius 1 is 1.19 bits per heavy atom. The molecule has 2 amide bonds. The zero-order chi connectivity index (χ0) is 22.8. The second-order valence-corrected chi connectivity index (χ2v) is 7.79. The number of nitrogens with zero attached hydrogens (tertiary/aromatic N) is 1. The highest BCUT2D eigenvalue weighted by Gasteiger charge is 2.38. The highest BCUT2D eigenvalue weighted by molar-refractivity contribution is 6.31. The van der Waals surface area contributed by atoms with Gasteiger partial charge in [0.05, 0.1) is 18.7 Å². The number of anilines is 2. The predicted molar refractivity (Wildman–Crippen MR) is 115 cm³/mol. The topological polar surface area (TPSA) is 103 Å². The number of methoxy groups -OCH3 is 1. The minimum Gasteiger partial charge on any atom is -0.495 e. The molecule has 9 nitrogen and oxygen atoms in total. The second kappa shape index (κ2) is 8.96. The Labute approximate surface area is 189 Å². The molecule has 1 saturated heterocycles. The third kappa shape index (κ3) is 4.43. The summed E-state index contributed by atoms with van der Waals surface area (Å²) in [5.41, 5.74) is 0.964. The van der Waals surface area contributed by atoms with E-state index in [0.29, 0.717) is 33.6 Å². The molecule has 0 aliphatic carbocycles. The molecule has 0 radical (unpaired) electrons. The molecule has 10 heteroatoms. The lowest BCUT2D eigenvalue weighted by atomic mass is 10.1. The van der Waals surface area contributed by atoms with Crippen molar-refractivity contribution in [1.29, 1.82) is 0 Å². The first kappa shape index (κ1) is 21.8. The van der Waals surface area contributed by atoms with Gasteiger partial charge in [-0.05, 0) is 37.3 Å². The molecule has 0 saturated carbocycles. The predicted octanol–water partition coefficient (Wildman–Crippen LogP) is 3.00. The van der Waals surface area contributed by atoms with E-state index in [-0.39, 0.29) is 25.7 Å². The number of halogens is 1. The van der Waals surface area contributed by atoms with Crippen LogP contribution >= 0.6 is 11.6 Å². The van der Waals surface area contributed by atoms with Gasteiger partial charge in [0.25, 0.3) is 5.91 Å². The van der Waals surface area contributed by atoms with Crippen LogP contribution in [0.3, 0.4) is 0 Å². The first-order chi connectivity index (χ1) is 15.4. The number of hydrogen-bond donors (Lipinski definition) is 1. The van der Waals surface area contributed by atoms with Crippen molar-refractivity contribution in [3.8, 4) is 17.2 Å². The number of benzene rings is 2. The Bertz CT molecular complexity index is 1070. The van der Waals surface area contributed by atoms with Crippen molar-refractivity contribution < 1.29 is 33.3 Å². The van der Waals surface area contributed by atoms with Crippen LogP contribution in [0.4, 0.5) is 11.4 Å². The number of carbonyl (C=O) groups excluding carboxylic acids is 3. The molecule has 1 fully saturated rings. The summed E-state index contributed by atoms with van der Waals surface area (Å²) in [5, 5.41) is 3.11. The van der Waals surface area contributed by atoms with Gasteiger partial charge in [-0.25, -0.2) is 0 Å². The van der Waals surface area contributed by atoms with E-state index in [2.05, 4.69) is 5.32 Å². The number of ether oxygens (including phenoxy) is 4. The molecule has 2 atom stereocenters. The smallest absolute Gasteiger partial charge is 0.312 e. The van der Waals surface area contributed by atoms with Crippen LogP contribution in [0.5, 0.6) is 17.2 Å². The number of nitrogens with one attached hydrogen (secondary N) is 1. The maximum atomic E-state index is 12.6. The van der Waals surface area contributed by atoms with Crippen molar-refractivity contribution in [2.45, 2.75) is 19.4 Å². The van der Waals surface area contributed by atoms with E-state index in [1.165, 1.54) is 18.9 Å². The van der Waals surface area contributed by atoms with E-state index in [1.54, 1.807) is 36.4 Å². The van der Waals surface area contributed by atoms with Crippen LogP contribution < -0.4 is 24.4 Å². The number of rotatable bonds is 6. The van der Waals surface area contributed by atoms with E-state index >= 15 is 0 Å².